The summed E-state index contributed by atoms with van der Waals surface area (Å²) in [6.45, 7) is 0. The molecule has 4 aromatic heterocycles. The van der Waals surface area contributed by atoms with Crippen molar-refractivity contribution < 1.29 is 13.3 Å². The van der Waals surface area contributed by atoms with E-state index in [0.29, 0.717) is 17.5 Å². The number of para-hydroxylation sites is 3. The fourth-order valence-corrected chi connectivity index (χ4v) is 8.30. The second-order valence-electron chi connectivity index (χ2n) is 14.3. The number of rotatable bonds is 5. The number of benzene rings is 8. The van der Waals surface area contributed by atoms with Gasteiger partial charge in [0.25, 0.3) is 0 Å². The van der Waals surface area contributed by atoms with Gasteiger partial charge in [-0.3, -0.25) is 0 Å². The van der Waals surface area contributed by atoms with Crippen molar-refractivity contribution in [3.05, 3.63) is 176 Å². The van der Waals surface area contributed by atoms with Crippen molar-refractivity contribution in [1.82, 2.24) is 15.0 Å². The molecule has 6 nitrogen and oxygen atoms in total. The lowest BCUT2D eigenvalue weighted by atomic mass is 9.95. The normalized spacial score (nSPS) is 11.9. The smallest absolute Gasteiger partial charge is 0.164 e. The monoisotopic (exact) mass is 731 g/mol. The summed E-state index contributed by atoms with van der Waals surface area (Å²) < 4.78 is 18.7. The summed E-state index contributed by atoms with van der Waals surface area (Å²) >= 11 is 0. The van der Waals surface area contributed by atoms with Gasteiger partial charge in [0.15, 0.2) is 17.5 Å². The summed E-state index contributed by atoms with van der Waals surface area (Å²) in [5.74, 6) is 1.71. The van der Waals surface area contributed by atoms with E-state index in [-0.39, 0.29) is 0 Å². The molecule has 4 heterocycles. The van der Waals surface area contributed by atoms with Gasteiger partial charge in [0.05, 0.1) is 0 Å². The first-order valence-corrected chi connectivity index (χ1v) is 18.9. The van der Waals surface area contributed by atoms with Crippen molar-refractivity contribution in [1.29, 1.82) is 0 Å². The molecular weight excluding hydrogens is 703 g/mol. The number of aromatic nitrogens is 3. The minimum atomic E-state index is 0.567. The molecule has 0 amide bonds. The number of hydrogen-bond acceptors (Lipinski definition) is 6. The first-order chi connectivity index (χ1) is 28.2. The first kappa shape index (κ1) is 31.5. The Morgan fingerprint density at radius 2 is 0.702 bits per heavy atom. The van der Waals surface area contributed by atoms with Crippen molar-refractivity contribution in [3.8, 4) is 56.4 Å². The van der Waals surface area contributed by atoms with Gasteiger partial charge in [0, 0.05) is 49.0 Å². The molecule has 0 unspecified atom stereocenters. The van der Waals surface area contributed by atoms with E-state index < -0.39 is 0 Å². The zero-order valence-corrected chi connectivity index (χ0v) is 30.3. The highest BCUT2D eigenvalue weighted by Crippen LogP contribution is 2.40. The van der Waals surface area contributed by atoms with Crippen molar-refractivity contribution >= 4 is 65.8 Å². The molecule has 0 radical (unpaired) electrons. The predicted molar refractivity (Wildman–Crippen MR) is 229 cm³/mol. The van der Waals surface area contributed by atoms with Crippen LogP contribution < -0.4 is 0 Å². The van der Waals surface area contributed by atoms with Crippen LogP contribution in [0.3, 0.4) is 0 Å². The summed E-state index contributed by atoms with van der Waals surface area (Å²) in [5, 5.41) is 6.26. The van der Waals surface area contributed by atoms with Crippen LogP contribution in [0, 0.1) is 0 Å². The average Bonchev–Trinajstić information content (AvgIpc) is 3.97. The van der Waals surface area contributed by atoms with Gasteiger partial charge in [0.1, 0.15) is 33.5 Å². The first-order valence-electron chi connectivity index (χ1n) is 18.9. The van der Waals surface area contributed by atoms with Gasteiger partial charge in [0.2, 0.25) is 0 Å². The van der Waals surface area contributed by atoms with Crippen LogP contribution in [-0.4, -0.2) is 15.0 Å². The third-order valence-corrected chi connectivity index (χ3v) is 10.9. The fraction of sp³-hybridized carbons (Fsp3) is 0. The molecule has 266 valence electrons. The maximum absolute atomic E-state index is 6.28. The molecule has 0 aliphatic rings. The molecule has 0 N–H and O–H groups in total. The zero-order chi connectivity index (χ0) is 37.5. The third kappa shape index (κ3) is 5.08. The highest BCUT2D eigenvalue weighted by Gasteiger charge is 2.19. The van der Waals surface area contributed by atoms with Crippen LogP contribution in [0.5, 0.6) is 0 Å². The molecule has 8 aromatic carbocycles. The van der Waals surface area contributed by atoms with Crippen molar-refractivity contribution in [2.24, 2.45) is 0 Å². The zero-order valence-electron chi connectivity index (χ0n) is 30.3. The van der Waals surface area contributed by atoms with E-state index in [1.165, 1.54) is 0 Å². The molecule has 0 spiro atoms. The number of hydrogen-bond donors (Lipinski definition) is 0. The van der Waals surface area contributed by atoms with Crippen LogP contribution in [0.15, 0.2) is 189 Å². The minimum Gasteiger partial charge on any atom is -0.456 e. The van der Waals surface area contributed by atoms with Crippen molar-refractivity contribution in [3.63, 3.8) is 0 Å². The third-order valence-electron chi connectivity index (χ3n) is 10.9. The molecule has 0 aliphatic carbocycles. The van der Waals surface area contributed by atoms with Crippen LogP contribution in [0.4, 0.5) is 0 Å². The Morgan fingerprint density at radius 1 is 0.263 bits per heavy atom. The Labute approximate surface area is 325 Å². The molecular formula is C51H29N3O3. The largest absolute Gasteiger partial charge is 0.456 e. The Balaban J connectivity index is 1.03. The van der Waals surface area contributed by atoms with Crippen molar-refractivity contribution in [2.75, 3.05) is 0 Å². The molecule has 0 bridgehead atoms. The Kier molecular flexibility index (Phi) is 6.83. The standard InChI is InChI=1S/C51H29N3O3/c1-4-20-41-36(15-1)40-29-34(25-26-44(40)55-41)50-52-49(53-51(54-50)39-19-10-24-46-48(39)38-17-3-6-22-43(38)57-46)33-14-8-12-31(28-33)30-11-7-13-32(27-30)35-18-9-23-45-47(35)37-16-2-5-21-42(37)56-45/h1-29H. The summed E-state index contributed by atoms with van der Waals surface area (Å²) in [6, 6.07) is 59.9. The average molecular weight is 732 g/mol. The molecule has 12 rings (SSSR count). The fourth-order valence-electron chi connectivity index (χ4n) is 8.30. The van der Waals surface area contributed by atoms with E-state index in [0.717, 1.165) is 105 Å². The maximum atomic E-state index is 6.28. The Bertz CT molecular complexity index is 3550. The summed E-state index contributed by atoms with van der Waals surface area (Å²) in [4.78, 5) is 15.5. The van der Waals surface area contributed by atoms with Gasteiger partial charge >= 0.3 is 0 Å². The maximum Gasteiger partial charge on any atom is 0.164 e. The van der Waals surface area contributed by atoms with Crippen LogP contribution in [0.25, 0.3) is 122 Å². The van der Waals surface area contributed by atoms with Gasteiger partial charge in [-0.2, -0.15) is 0 Å². The number of furan rings is 3. The predicted octanol–water partition coefficient (Wildman–Crippen LogP) is 13.9. The lowest BCUT2D eigenvalue weighted by Crippen LogP contribution is -2.00. The molecule has 12 aromatic rings. The SMILES string of the molecule is c1cc(-c2cccc(-c3cccc4oc5ccccc5c34)c2)cc(-c2nc(-c3ccc4oc5ccccc5c4c3)nc(-c3cccc4oc5ccccc5c34)n2)c1. The molecule has 57 heavy (non-hydrogen) atoms. The second kappa shape index (κ2) is 12.3. The van der Waals surface area contributed by atoms with Crippen LogP contribution >= 0.6 is 0 Å². The molecule has 0 fully saturated rings. The molecule has 0 aliphatic heterocycles. The van der Waals surface area contributed by atoms with Crippen LogP contribution in [0.1, 0.15) is 0 Å². The van der Waals surface area contributed by atoms with Gasteiger partial charge in [-0.15, -0.1) is 0 Å². The van der Waals surface area contributed by atoms with Gasteiger partial charge in [-0.05, 0) is 82.9 Å². The Hall–Kier alpha value is -7.83. The number of nitrogens with zero attached hydrogens (tertiary/aromatic N) is 3. The van der Waals surface area contributed by atoms with Crippen molar-refractivity contribution in [2.45, 2.75) is 0 Å². The summed E-state index contributed by atoms with van der Waals surface area (Å²) in [6.07, 6.45) is 0. The van der Waals surface area contributed by atoms with E-state index in [4.69, 9.17) is 28.2 Å². The van der Waals surface area contributed by atoms with E-state index in [1.807, 2.05) is 78.9 Å². The number of fused-ring (bicyclic) bond motifs is 9. The topological polar surface area (TPSA) is 78.1 Å². The van der Waals surface area contributed by atoms with E-state index >= 15 is 0 Å². The summed E-state index contributed by atoms with van der Waals surface area (Å²) in [7, 11) is 0. The quantitative estimate of drug-likeness (QED) is 0.175. The van der Waals surface area contributed by atoms with Gasteiger partial charge in [-0.1, -0.05) is 115 Å². The van der Waals surface area contributed by atoms with E-state index in [1.54, 1.807) is 0 Å². The van der Waals surface area contributed by atoms with E-state index in [9.17, 15) is 0 Å². The van der Waals surface area contributed by atoms with Crippen LogP contribution in [0.2, 0.25) is 0 Å². The lowest BCUT2D eigenvalue weighted by molar-refractivity contribution is 0.668. The Morgan fingerprint density at radius 3 is 1.39 bits per heavy atom. The van der Waals surface area contributed by atoms with E-state index in [2.05, 4.69) is 97.1 Å². The highest BCUT2D eigenvalue weighted by molar-refractivity contribution is 6.13. The van der Waals surface area contributed by atoms with Crippen LogP contribution in [-0.2, 0) is 0 Å². The van der Waals surface area contributed by atoms with Gasteiger partial charge in [-0.25, -0.2) is 15.0 Å². The highest BCUT2D eigenvalue weighted by atomic mass is 16.3. The molecule has 0 saturated carbocycles. The summed E-state index contributed by atoms with van der Waals surface area (Å²) in [5.41, 5.74) is 12.0. The molecule has 0 saturated heterocycles. The molecule has 6 heteroatoms. The molecule has 0 atom stereocenters. The minimum absolute atomic E-state index is 0.567. The lowest BCUT2D eigenvalue weighted by Gasteiger charge is -2.11. The second-order valence-corrected chi connectivity index (χ2v) is 14.3. The van der Waals surface area contributed by atoms with Gasteiger partial charge < -0.3 is 13.3 Å².